The van der Waals surface area contributed by atoms with Crippen molar-refractivity contribution in [3.63, 3.8) is 0 Å². The van der Waals surface area contributed by atoms with Crippen molar-refractivity contribution >= 4 is 21.6 Å². The molecule has 0 saturated carbocycles. The molecule has 2 aromatic rings. The first-order chi connectivity index (χ1) is 12.6. The molecule has 0 fully saturated rings. The number of anilines is 1. The van der Waals surface area contributed by atoms with Gasteiger partial charge in [0.25, 0.3) is 5.91 Å². The van der Waals surface area contributed by atoms with Gasteiger partial charge < -0.3 is 5.32 Å². The quantitative estimate of drug-likeness (QED) is 0.738. The molecule has 2 N–H and O–H groups in total. The first-order valence-corrected chi connectivity index (χ1v) is 10.4. The van der Waals surface area contributed by atoms with Crippen LogP contribution < -0.4 is 10.0 Å². The highest BCUT2D eigenvalue weighted by Crippen LogP contribution is 2.20. The molecule has 7 heteroatoms. The second-order valence-corrected chi connectivity index (χ2v) is 8.49. The lowest BCUT2D eigenvalue weighted by molar-refractivity contribution is 0.102. The molecule has 1 amide bonds. The minimum Gasteiger partial charge on any atom is -0.322 e. The zero-order valence-corrected chi connectivity index (χ0v) is 16.7. The van der Waals surface area contributed by atoms with E-state index in [2.05, 4.69) is 23.9 Å². The molecule has 0 heterocycles. The Balaban J connectivity index is 2.25. The molecular weight excluding hydrogens is 367 g/mol. The summed E-state index contributed by atoms with van der Waals surface area (Å²) in [5, 5.41) is 2.70. The highest BCUT2D eigenvalue weighted by Gasteiger charge is 2.22. The third kappa shape index (κ3) is 5.37. The van der Waals surface area contributed by atoms with E-state index in [1.165, 1.54) is 6.07 Å². The van der Waals surface area contributed by atoms with E-state index in [1.54, 1.807) is 19.1 Å². The number of rotatable bonds is 7. The molecule has 0 aromatic heterocycles. The predicted octanol–water partition coefficient (Wildman–Crippen LogP) is 4.28. The van der Waals surface area contributed by atoms with Gasteiger partial charge in [-0.05, 0) is 55.2 Å². The van der Waals surface area contributed by atoms with Crippen LogP contribution in [-0.4, -0.2) is 20.4 Å². The van der Waals surface area contributed by atoms with E-state index in [0.717, 1.165) is 17.7 Å². The second kappa shape index (κ2) is 8.63. The SMILES string of the molecule is CCC(C)NS(=O)(=O)c1cc(C(=O)Nc2ccc(C(C)C)cc2)ccc1F. The summed E-state index contributed by atoms with van der Waals surface area (Å²) < 4.78 is 41.2. The van der Waals surface area contributed by atoms with Gasteiger partial charge in [-0.15, -0.1) is 0 Å². The molecule has 0 aliphatic carbocycles. The maximum absolute atomic E-state index is 14.1. The summed E-state index contributed by atoms with van der Waals surface area (Å²) in [5.74, 6) is -1.03. The molecule has 0 spiro atoms. The molecule has 146 valence electrons. The molecule has 1 unspecified atom stereocenters. The maximum atomic E-state index is 14.1. The number of benzene rings is 2. The van der Waals surface area contributed by atoms with Crippen molar-refractivity contribution in [2.75, 3.05) is 5.32 Å². The standard InChI is InChI=1S/C20H25FN2O3S/c1-5-14(4)23-27(25,26)19-12-16(8-11-18(19)21)20(24)22-17-9-6-15(7-10-17)13(2)3/h6-14,23H,5H2,1-4H3,(H,22,24). The fourth-order valence-corrected chi connectivity index (χ4v) is 3.85. The second-order valence-electron chi connectivity index (χ2n) is 6.81. The minimum absolute atomic E-state index is 0.0638. The van der Waals surface area contributed by atoms with E-state index in [9.17, 15) is 17.6 Å². The van der Waals surface area contributed by atoms with Gasteiger partial charge in [-0.2, -0.15) is 0 Å². The smallest absolute Gasteiger partial charge is 0.255 e. The van der Waals surface area contributed by atoms with E-state index in [0.29, 0.717) is 18.0 Å². The summed E-state index contributed by atoms with van der Waals surface area (Å²) in [6, 6.07) is 10.3. The van der Waals surface area contributed by atoms with E-state index < -0.39 is 26.6 Å². The molecule has 2 rings (SSSR count). The van der Waals surface area contributed by atoms with Gasteiger partial charge in [-0.1, -0.05) is 32.9 Å². The summed E-state index contributed by atoms with van der Waals surface area (Å²) in [6.07, 6.45) is 0.563. The summed E-state index contributed by atoms with van der Waals surface area (Å²) in [7, 11) is -4.05. The molecule has 2 aromatic carbocycles. The van der Waals surface area contributed by atoms with Crippen molar-refractivity contribution in [2.24, 2.45) is 0 Å². The van der Waals surface area contributed by atoms with Crippen LogP contribution >= 0.6 is 0 Å². The lowest BCUT2D eigenvalue weighted by Gasteiger charge is -2.13. The highest BCUT2D eigenvalue weighted by molar-refractivity contribution is 7.89. The zero-order valence-electron chi connectivity index (χ0n) is 15.9. The van der Waals surface area contributed by atoms with E-state index in [-0.39, 0.29) is 11.6 Å². The molecule has 0 radical (unpaired) electrons. The molecule has 1 atom stereocenters. The lowest BCUT2D eigenvalue weighted by Crippen LogP contribution is -2.32. The highest BCUT2D eigenvalue weighted by atomic mass is 32.2. The predicted molar refractivity (Wildman–Crippen MR) is 105 cm³/mol. The molecule has 0 bridgehead atoms. The Morgan fingerprint density at radius 3 is 2.26 bits per heavy atom. The van der Waals surface area contributed by atoms with Crippen molar-refractivity contribution in [2.45, 2.75) is 51.0 Å². The van der Waals surface area contributed by atoms with Crippen molar-refractivity contribution in [1.29, 1.82) is 0 Å². The summed E-state index contributed by atoms with van der Waals surface area (Å²) in [6.45, 7) is 7.65. The Morgan fingerprint density at radius 1 is 1.07 bits per heavy atom. The number of hydrogen-bond acceptors (Lipinski definition) is 3. The Labute approximate surface area is 160 Å². The number of carbonyl (C=O) groups excluding carboxylic acids is 1. The maximum Gasteiger partial charge on any atom is 0.255 e. The summed E-state index contributed by atoms with van der Waals surface area (Å²) >= 11 is 0. The van der Waals surface area contributed by atoms with Crippen LogP contribution in [-0.2, 0) is 10.0 Å². The molecule has 0 aliphatic heterocycles. The number of sulfonamides is 1. The van der Waals surface area contributed by atoms with E-state index in [1.807, 2.05) is 19.1 Å². The fraction of sp³-hybridized carbons (Fsp3) is 0.350. The Kier molecular flexibility index (Phi) is 6.73. The Bertz CT molecular complexity index is 909. The van der Waals surface area contributed by atoms with Crippen LogP contribution in [0.25, 0.3) is 0 Å². The van der Waals surface area contributed by atoms with Crippen molar-refractivity contribution in [1.82, 2.24) is 4.72 Å². The van der Waals surface area contributed by atoms with Crippen molar-refractivity contribution in [3.05, 3.63) is 59.4 Å². The van der Waals surface area contributed by atoms with Gasteiger partial charge in [0.1, 0.15) is 10.7 Å². The monoisotopic (exact) mass is 392 g/mol. The van der Waals surface area contributed by atoms with Gasteiger partial charge in [0.15, 0.2) is 0 Å². The third-order valence-corrected chi connectivity index (χ3v) is 5.89. The van der Waals surface area contributed by atoms with Crippen LogP contribution in [0.1, 0.15) is 56.0 Å². The number of hydrogen-bond donors (Lipinski definition) is 2. The van der Waals surface area contributed by atoms with Crippen LogP contribution in [0.15, 0.2) is 47.4 Å². The van der Waals surface area contributed by atoms with Crippen LogP contribution in [0, 0.1) is 5.82 Å². The summed E-state index contributed by atoms with van der Waals surface area (Å²) in [4.78, 5) is 11.9. The lowest BCUT2D eigenvalue weighted by atomic mass is 10.0. The van der Waals surface area contributed by atoms with Gasteiger partial charge in [0.05, 0.1) is 0 Å². The molecule has 27 heavy (non-hydrogen) atoms. The molecular formula is C20H25FN2O3S. The Morgan fingerprint density at radius 2 is 1.70 bits per heavy atom. The topological polar surface area (TPSA) is 75.3 Å². The molecule has 5 nitrogen and oxygen atoms in total. The minimum atomic E-state index is -4.05. The molecule has 0 aliphatic rings. The summed E-state index contributed by atoms with van der Waals surface area (Å²) in [5.41, 5.74) is 1.78. The van der Waals surface area contributed by atoms with Crippen LogP contribution in [0.5, 0.6) is 0 Å². The van der Waals surface area contributed by atoms with Crippen molar-refractivity contribution in [3.8, 4) is 0 Å². The number of nitrogens with one attached hydrogen (secondary N) is 2. The number of halogens is 1. The van der Waals surface area contributed by atoms with Gasteiger partial charge in [-0.3, -0.25) is 4.79 Å². The van der Waals surface area contributed by atoms with Gasteiger partial charge in [-0.25, -0.2) is 17.5 Å². The average Bonchev–Trinajstić information content (AvgIpc) is 2.61. The largest absolute Gasteiger partial charge is 0.322 e. The van der Waals surface area contributed by atoms with Crippen LogP contribution in [0.4, 0.5) is 10.1 Å². The van der Waals surface area contributed by atoms with E-state index >= 15 is 0 Å². The van der Waals surface area contributed by atoms with E-state index in [4.69, 9.17) is 0 Å². The number of carbonyl (C=O) groups is 1. The normalized spacial score (nSPS) is 12.8. The number of amides is 1. The third-order valence-electron chi connectivity index (χ3n) is 4.29. The van der Waals surface area contributed by atoms with Gasteiger partial charge in [0, 0.05) is 17.3 Å². The van der Waals surface area contributed by atoms with Crippen LogP contribution in [0.3, 0.4) is 0 Å². The zero-order chi connectivity index (χ0) is 20.2. The molecule has 0 saturated heterocycles. The fourth-order valence-electron chi connectivity index (χ4n) is 2.42. The van der Waals surface area contributed by atoms with Gasteiger partial charge >= 0.3 is 0 Å². The van der Waals surface area contributed by atoms with Crippen LogP contribution in [0.2, 0.25) is 0 Å². The average molecular weight is 392 g/mol. The Hall–Kier alpha value is -2.25. The first kappa shape index (κ1) is 21.1. The van der Waals surface area contributed by atoms with Gasteiger partial charge in [0.2, 0.25) is 10.0 Å². The van der Waals surface area contributed by atoms with Crippen molar-refractivity contribution < 1.29 is 17.6 Å². The first-order valence-electron chi connectivity index (χ1n) is 8.87.